The molecule has 0 bridgehead atoms. The van der Waals surface area contributed by atoms with Gasteiger partial charge in [-0.3, -0.25) is 9.79 Å². The van der Waals surface area contributed by atoms with Crippen LogP contribution in [0.25, 0.3) is 0 Å². The van der Waals surface area contributed by atoms with Crippen molar-refractivity contribution in [3.05, 3.63) is 24.3 Å². The number of nitrogens with zero attached hydrogens (tertiary/aromatic N) is 1. The van der Waals surface area contributed by atoms with E-state index in [2.05, 4.69) is 15.6 Å². The van der Waals surface area contributed by atoms with E-state index >= 15 is 0 Å². The first kappa shape index (κ1) is 23.3. The average Bonchev–Trinajstić information content (AvgIpc) is 2.56. The highest BCUT2D eigenvalue weighted by molar-refractivity contribution is 14.0. The maximum Gasteiger partial charge on any atom is 0.224 e. The normalized spacial score (nSPS) is 11.3. The predicted octanol–water partition coefficient (Wildman–Crippen LogP) is 1.76. The van der Waals surface area contributed by atoms with Gasteiger partial charge in [0.25, 0.3) is 0 Å². The maximum absolute atomic E-state index is 11.3. The average molecular weight is 464 g/mol. The smallest absolute Gasteiger partial charge is 0.224 e. The minimum absolute atomic E-state index is 0. The number of methoxy groups -OCH3 is 1. The Kier molecular flexibility index (Phi) is 11.0. The van der Waals surface area contributed by atoms with Gasteiger partial charge in [0.1, 0.15) is 18.1 Å². The molecule has 25 heavy (non-hydrogen) atoms. The number of halogens is 1. The van der Waals surface area contributed by atoms with Crippen LogP contribution in [0.2, 0.25) is 0 Å². The molecule has 1 aromatic carbocycles. The zero-order valence-electron chi connectivity index (χ0n) is 15.3. The first-order valence-electron chi connectivity index (χ1n) is 7.98. The quantitative estimate of drug-likeness (QED) is 0.224. The number of amides is 1. The SMILES string of the molecule is CCNC(=NCC(C)(C)C(N)=O)NCCOc1ccc(OC)cc1.I. The number of nitrogens with one attached hydrogen (secondary N) is 2. The number of ether oxygens (including phenoxy) is 2. The fourth-order valence-corrected chi connectivity index (χ4v) is 1.71. The largest absolute Gasteiger partial charge is 0.497 e. The molecule has 8 heteroatoms. The van der Waals surface area contributed by atoms with Gasteiger partial charge >= 0.3 is 0 Å². The molecule has 4 N–H and O–H groups in total. The van der Waals surface area contributed by atoms with Gasteiger partial charge in [0.05, 0.1) is 25.6 Å². The van der Waals surface area contributed by atoms with Crippen molar-refractivity contribution < 1.29 is 14.3 Å². The lowest BCUT2D eigenvalue weighted by molar-refractivity contribution is -0.125. The van der Waals surface area contributed by atoms with Crippen molar-refractivity contribution in [2.45, 2.75) is 20.8 Å². The third-order valence-corrected chi connectivity index (χ3v) is 3.37. The molecule has 1 amide bonds. The Labute approximate surface area is 166 Å². The Morgan fingerprint density at radius 2 is 1.80 bits per heavy atom. The number of hydrogen-bond donors (Lipinski definition) is 3. The molecular formula is C17H29IN4O3. The highest BCUT2D eigenvalue weighted by Gasteiger charge is 2.24. The lowest BCUT2D eigenvalue weighted by Crippen LogP contribution is -2.41. The van der Waals surface area contributed by atoms with Crippen LogP contribution in [0.4, 0.5) is 0 Å². The van der Waals surface area contributed by atoms with Crippen molar-refractivity contribution in [3.63, 3.8) is 0 Å². The van der Waals surface area contributed by atoms with Crippen LogP contribution in [-0.4, -0.2) is 45.2 Å². The van der Waals surface area contributed by atoms with Crippen molar-refractivity contribution in [1.29, 1.82) is 0 Å². The van der Waals surface area contributed by atoms with E-state index in [1.165, 1.54) is 0 Å². The van der Waals surface area contributed by atoms with E-state index in [1.807, 2.05) is 31.2 Å². The lowest BCUT2D eigenvalue weighted by atomic mass is 9.93. The van der Waals surface area contributed by atoms with Crippen LogP contribution in [0.5, 0.6) is 11.5 Å². The van der Waals surface area contributed by atoms with E-state index in [-0.39, 0.29) is 29.9 Å². The van der Waals surface area contributed by atoms with Gasteiger partial charge in [-0.05, 0) is 45.0 Å². The molecule has 142 valence electrons. The molecule has 0 saturated carbocycles. The first-order valence-corrected chi connectivity index (χ1v) is 7.98. The molecule has 0 aliphatic carbocycles. The van der Waals surface area contributed by atoms with Gasteiger partial charge in [-0.2, -0.15) is 0 Å². The second-order valence-corrected chi connectivity index (χ2v) is 5.89. The molecule has 0 radical (unpaired) electrons. The van der Waals surface area contributed by atoms with E-state index in [1.54, 1.807) is 21.0 Å². The fourth-order valence-electron chi connectivity index (χ4n) is 1.71. The topological polar surface area (TPSA) is 98.0 Å². The van der Waals surface area contributed by atoms with E-state index in [4.69, 9.17) is 15.2 Å². The van der Waals surface area contributed by atoms with Gasteiger partial charge in [-0.15, -0.1) is 24.0 Å². The van der Waals surface area contributed by atoms with Crippen LogP contribution in [0.15, 0.2) is 29.3 Å². The van der Waals surface area contributed by atoms with Crippen molar-refractivity contribution in [3.8, 4) is 11.5 Å². The molecule has 1 aromatic rings. The number of benzene rings is 1. The molecule has 0 aromatic heterocycles. The van der Waals surface area contributed by atoms with Gasteiger partial charge < -0.3 is 25.8 Å². The molecule has 0 unspecified atom stereocenters. The summed E-state index contributed by atoms with van der Waals surface area (Å²) in [5, 5.41) is 6.28. The predicted molar refractivity (Wildman–Crippen MR) is 111 cm³/mol. The van der Waals surface area contributed by atoms with E-state index in [0.29, 0.717) is 25.7 Å². The molecule has 0 fully saturated rings. The van der Waals surface area contributed by atoms with Gasteiger partial charge in [-0.1, -0.05) is 0 Å². The van der Waals surface area contributed by atoms with Crippen molar-refractivity contribution in [1.82, 2.24) is 10.6 Å². The van der Waals surface area contributed by atoms with Crippen LogP contribution in [0, 0.1) is 5.41 Å². The third kappa shape index (κ3) is 8.80. The monoisotopic (exact) mass is 464 g/mol. The summed E-state index contributed by atoms with van der Waals surface area (Å²) in [4.78, 5) is 15.7. The number of guanidine groups is 1. The number of hydrogen-bond acceptors (Lipinski definition) is 4. The summed E-state index contributed by atoms with van der Waals surface area (Å²) in [5.74, 6) is 1.82. The zero-order chi connectivity index (χ0) is 18.0. The third-order valence-electron chi connectivity index (χ3n) is 3.37. The highest BCUT2D eigenvalue weighted by atomic mass is 127. The number of aliphatic imine (C=N–C) groups is 1. The molecule has 0 aliphatic rings. The molecular weight excluding hydrogens is 435 g/mol. The molecule has 0 heterocycles. The zero-order valence-corrected chi connectivity index (χ0v) is 17.6. The van der Waals surface area contributed by atoms with Crippen LogP contribution < -0.4 is 25.8 Å². The number of nitrogens with two attached hydrogens (primary N) is 1. The summed E-state index contributed by atoms with van der Waals surface area (Å²) in [6.07, 6.45) is 0. The van der Waals surface area contributed by atoms with Crippen molar-refractivity contribution >= 4 is 35.8 Å². The molecule has 7 nitrogen and oxygen atoms in total. The minimum atomic E-state index is -0.679. The van der Waals surface area contributed by atoms with E-state index in [9.17, 15) is 4.79 Å². The van der Waals surface area contributed by atoms with Gasteiger partial charge in [0, 0.05) is 6.54 Å². The summed E-state index contributed by atoms with van der Waals surface area (Å²) in [6, 6.07) is 7.40. The molecule has 0 atom stereocenters. The molecule has 1 rings (SSSR count). The standard InChI is InChI=1S/C17H28N4O3.HI/c1-5-19-16(21-12-17(2,3)15(18)22)20-10-11-24-14-8-6-13(23-4)7-9-14;/h6-9H,5,10-12H2,1-4H3,(H2,18,22)(H2,19,20,21);1H. The lowest BCUT2D eigenvalue weighted by Gasteiger charge is -2.19. The van der Waals surface area contributed by atoms with E-state index < -0.39 is 5.41 Å². The molecule has 0 aliphatic heterocycles. The highest BCUT2D eigenvalue weighted by Crippen LogP contribution is 2.16. The van der Waals surface area contributed by atoms with E-state index in [0.717, 1.165) is 18.0 Å². The molecule has 0 saturated heterocycles. The van der Waals surface area contributed by atoms with Crippen LogP contribution in [-0.2, 0) is 4.79 Å². The Morgan fingerprint density at radius 1 is 1.20 bits per heavy atom. The second kappa shape index (κ2) is 11.8. The fraction of sp³-hybridized carbons (Fsp3) is 0.529. The van der Waals surface area contributed by atoms with Gasteiger partial charge in [-0.25, -0.2) is 0 Å². The van der Waals surface area contributed by atoms with Crippen molar-refractivity contribution in [2.24, 2.45) is 16.1 Å². The number of carbonyl (C=O) groups excluding carboxylic acids is 1. The Morgan fingerprint density at radius 3 is 2.32 bits per heavy atom. The number of carbonyl (C=O) groups is 1. The van der Waals surface area contributed by atoms with Gasteiger partial charge in [0.2, 0.25) is 5.91 Å². The van der Waals surface area contributed by atoms with Gasteiger partial charge in [0.15, 0.2) is 5.96 Å². The Hall–Kier alpha value is -1.71. The summed E-state index contributed by atoms with van der Waals surface area (Å²) < 4.78 is 10.7. The second-order valence-electron chi connectivity index (χ2n) is 5.89. The van der Waals surface area contributed by atoms with Crippen LogP contribution in [0.1, 0.15) is 20.8 Å². The Bertz CT molecular complexity index is 547. The minimum Gasteiger partial charge on any atom is -0.497 e. The first-order chi connectivity index (χ1) is 11.4. The summed E-state index contributed by atoms with van der Waals surface area (Å²) in [7, 11) is 1.63. The van der Waals surface area contributed by atoms with Crippen LogP contribution >= 0.6 is 24.0 Å². The molecule has 0 spiro atoms. The number of rotatable bonds is 9. The van der Waals surface area contributed by atoms with Crippen LogP contribution in [0.3, 0.4) is 0 Å². The van der Waals surface area contributed by atoms with Crippen molar-refractivity contribution in [2.75, 3.05) is 33.4 Å². The summed E-state index contributed by atoms with van der Waals surface area (Å²) >= 11 is 0. The Balaban J connectivity index is 0.00000576. The summed E-state index contributed by atoms with van der Waals surface area (Å²) in [5.41, 5.74) is 4.68. The maximum atomic E-state index is 11.3. The summed E-state index contributed by atoms with van der Waals surface area (Å²) in [6.45, 7) is 7.62. The number of primary amides is 1.